The topological polar surface area (TPSA) is 55.8 Å². The van der Waals surface area contributed by atoms with Crippen LogP contribution in [0.15, 0.2) is 83.2 Å². The summed E-state index contributed by atoms with van der Waals surface area (Å²) >= 11 is 14.8. The molecule has 8 heteroatoms. The Morgan fingerprint density at radius 1 is 0.830 bits per heavy atom. The summed E-state index contributed by atoms with van der Waals surface area (Å²) in [6.45, 7) is 11.9. The maximum Gasteiger partial charge on any atom is 0.174 e. The molecule has 5 nitrogen and oxygen atoms in total. The summed E-state index contributed by atoms with van der Waals surface area (Å²) < 4.78 is 13.4. The molecule has 47 heavy (non-hydrogen) atoms. The van der Waals surface area contributed by atoms with Crippen LogP contribution in [0.5, 0.6) is 11.5 Å². The highest BCUT2D eigenvalue weighted by Crippen LogP contribution is 2.55. The van der Waals surface area contributed by atoms with E-state index in [1.807, 2.05) is 37.3 Å². The van der Waals surface area contributed by atoms with Gasteiger partial charge in [0.15, 0.2) is 23.1 Å². The van der Waals surface area contributed by atoms with Crippen LogP contribution in [-0.2, 0) is 22.7 Å². The molecule has 0 saturated carbocycles. The second-order valence-electron chi connectivity index (χ2n) is 14.4. The molecular weight excluding hydrogens is 744 g/mol. The summed E-state index contributed by atoms with van der Waals surface area (Å²) in [7, 11) is 0. The van der Waals surface area contributed by atoms with Crippen LogP contribution in [0, 0.1) is 14.4 Å². The van der Waals surface area contributed by atoms with Crippen LogP contribution in [0.25, 0.3) is 0 Å². The fraction of sp³-hybridized carbons (Fsp3) is 0.385. The Morgan fingerprint density at radius 2 is 1.45 bits per heavy atom. The number of benzene rings is 3. The number of carbonyl (C=O) groups excluding carboxylic acids is 2. The molecule has 3 aromatic rings. The van der Waals surface area contributed by atoms with Gasteiger partial charge in [0, 0.05) is 63.5 Å². The molecular formula is C39H40Cl2INO4. The molecule has 0 fully saturated rings. The van der Waals surface area contributed by atoms with Gasteiger partial charge in [0.05, 0.1) is 10.2 Å². The first-order valence-corrected chi connectivity index (χ1v) is 18.0. The summed E-state index contributed by atoms with van der Waals surface area (Å²) in [6.07, 6.45) is 2.37. The molecule has 0 unspecified atom stereocenters. The minimum Gasteiger partial charge on any atom is -0.490 e. The van der Waals surface area contributed by atoms with E-state index < -0.39 is 5.92 Å². The molecule has 0 amide bonds. The standard InChI is InChI=1S/C39H40Cl2INO4/c1-6-46-33-15-25(14-28(42)37(33)47-22-24-12-13-26(40)16-27(24)41)34-35-29(17-38(2,3)19-31(35)44)43(21-23-10-8-7-9-11-23)30-18-39(4,5)20-32(45)36(30)34/h7-16,34H,6,17-22H2,1-5H3. The fourth-order valence-electron chi connectivity index (χ4n) is 7.28. The van der Waals surface area contributed by atoms with Crippen molar-refractivity contribution in [3.63, 3.8) is 0 Å². The van der Waals surface area contributed by atoms with Crippen LogP contribution < -0.4 is 9.47 Å². The van der Waals surface area contributed by atoms with Gasteiger partial charge in [-0.3, -0.25) is 9.59 Å². The number of carbonyl (C=O) groups is 2. The molecule has 3 aliphatic rings. The predicted octanol–water partition coefficient (Wildman–Crippen LogP) is 10.5. The summed E-state index contributed by atoms with van der Waals surface area (Å²) in [5.41, 5.74) is 5.98. The molecule has 6 rings (SSSR count). The first-order valence-electron chi connectivity index (χ1n) is 16.1. The zero-order chi connectivity index (χ0) is 33.7. The predicted molar refractivity (Wildman–Crippen MR) is 196 cm³/mol. The van der Waals surface area contributed by atoms with Crippen LogP contribution in [0.1, 0.15) is 82.9 Å². The molecule has 246 valence electrons. The minimum absolute atomic E-state index is 0.106. The molecule has 3 aromatic carbocycles. The highest BCUT2D eigenvalue weighted by Gasteiger charge is 2.49. The van der Waals surface area contributed by atoms with Crippen molar-refractivity contribution >= 4 is 57.4 Å². The lowest BCUT2D eigenvalue weighted by molar-refractivity contribution is -0.119. The Morgan fingerprint density at radius 3 is 2.02 bits per heavy atom. The average molecular weight is 785 g/mol. The Hall–Kier alpha value is -2.81. The molecule has 0 atom stereocenters. The Bertz CT molecular complexity index is 1760. The molecule has 0 bridgehead atoms. The minimum atomic E-state index is -0.480. The number of allylic oxidation sites excluding steroid dienone is 4. The van der Waals surface area contributed by atoms with Crippen molar-refractivity contribution < 1.29 is 19.1 Å². The van der Waals surface area contributed by atoms with Gasteiger partial charge in [0.1, 0.15) is 6.61 Å². The van der Waals surface area contributed by atoms with E-state index in [9.17, 15) is 9.59 Å². The maximum atomic E-state index is 14.3. The SMILES string of the molecule is CCOc1cc(C2C3=C(CC(C)(C)CC3=O)N(Cc3ccccc3)C3=C2C(=O)CC(C)(C)C3)cc(I)c1OCc1ccc(Cl)cc1Cl. The number of hydrogen-bond donors (Lipinski definition) is 0. The zero-order valence-electron chi connectivity index (χ0n) is 27.5. The van der Waals surface area contributed by atoms with E-state index in [0.717, 1.165) is 55.6 Å². The zero-order valence-corrected chi connectivity index (χ0v) is 31.2. The van der Waals surface area contributed by atoms with Crippen molar-refractivity contribution in [2.24, 2.45) is 10.8 Å². The first kappa shape index (κ1) is 34.1. The second-order valence-corrected chi connectivity index (χ2v) is 16.4. The molecule has 2 aliphatic carbocycles. The number of halogens is 3. The molecule has 1 aliphatic heterocycles. The molecule has 1 heterocycles. The Kier molecular flexibility index (Phi) is 9.60. The highest BCUT2D eigenvalue weighted by atomic mass is 127. The van der Waals surface area contributed by atoms with E-state index in [2.05, 4.69) is 73.4 Å². The van der Waals surface area contributed by atoms with Crippen molar-refractivity contribution in [3.05, 3.63) is 114 Å². The lowest BCUT2D eigenvalue weighted by Gasteiger charge is -2.49. The van der Waals surface area contributed by atoms with Crippen molar-refractivity contribution in [2.75, 3.05) is 6.61 Å². The molecule has 0 saturated heterocycles. The molecule has 0 radical (unpaired) electrons. The van der Waals surface area contributed by atoms with E-state index in [4.69, 9.17) is 32.7 Å². The molecule has 0 N–H and O–H groups in total. The number of ether oxygens (including phenoxy) is 2. The largest absolute Gasteiger partial charge is 0.490 e. The van der Waals surface area contributed by atoms with Crippen LogP contribution >= 0.6 is 45.8 Å². The summed E-state index contributed by atoms with van der Waals surface area (Å²) in [5.74, 6) is 0.900. The van der Waals surface area contributed by atoms with Crippen molar-refractivity contribution in [1.29, 1.82) is 0 Å². The molecule has 0 spiro atoms. The van der Waals surface area contributed by atoms with Crippen LogP contribution in [0.3, 0.4) is 0 Å². The van der Waals surface area contributed by atoms with Gasteiger partial charge < -0.3 is 14.4 Å². The van der Waals surface area contributed by atoms with E-state index in [1.165, 1.54) is 0 Å². The maximum absolute atomic E-state index is 14.3. The van der Waals surface area contributed by atoms with Crippen molar-refractivity contribution in [1.82, 2.24) is 4.90 Å². The van der Waals surface area contributed by atoms with Gasteiger partial charge in [-0.2, -0.15) is 0 Å². The van der Waals surface area contributed by atoms with Crippen LogP contribution in [-0.4, -0.2) is 23.1 Å². The van der Waals surface area contributed by atoms with Crippen molar-refractivity contribution in [2.45, 2.75) is 79.4 Å². The van der Waals surface area contributed by atoms with Gasteiger partial charge in [-0.1, -0.05) is 87.3 Å². The van der Waals surface area contributed by atoms with Crippen molar-refractivity contribution in [3.8, 4) is 11.5 Å². The Balaban J connectivity index is 1.51. The lowest BCUT2D eigenvalue weighted by atomic mass is 9.63. The average Bonchev–Trinajstić information content (AvgIpc) is 2.97. The van der Waals surface area contributed by atoms with Gasteiger partial charge in [0.2, 0.25) is 0 Å². The fourth-order valence-corrected chi connectivity index (χ4v) is 8.53. The third-order valence-electron chi connectivity index (χ3n) is 9.26. The summed E-state index contributed by atoms with van der Waals surface area (Å²) in [4.78, 5) is 30.9. The van der Waals surface area contributed by atoms with E-state index >= 15 is 0 Å². The number of hydrogen-bond acceptors (Lipinski definition) is 5. The third-order valence-corrected chi connectivity index (χ3v) is 10.6. The Labute approximate surface area is 301 Å². The quantitative estimate of drug-likeness (QED) is 0.213. The lowest BCUT2D eigenvalue weighted by Crippen LogP contribution is -2.44. The van der Waals surface area contributed by atoms with E-state index in [1.54, 1.807) is 12.1 Å². The molecule has 0 aromatic heterocycles. The van der Waals surface area contributed by atoms with Crippen LogP contribution in [0.4, 0.5) is 0 Å². The van der Waals surface area contributed by atoms with E-state index in [-0.39, 0.29) is 29.0 Å². The summed E-state index contributed by atoms with van der Waals surface area (Å²) in [5, 5.41) is 1.09. The smallest absolute Gasteiger partial charge is 0.174 e. The monoisotopic (exact) mass is 783 g/mol. The number of nitrogens with zero attached hydrogens (tertiary/aromatic N) is 1. The van der Waals surface area contributed by atoms with Gasteiger partial charge >= 0.3 is 0 Å². The number of ketones is 2. The third kappa shape index (κ3) is 7.02. The van der Waals surface area contributed by atoms with E-state index in [0.29, 0.717) is 47.5 Å². The number of rotatable bonds is 8. The number of Topliss-reactive ketones (excluding diaryl/α,β-unsaturated/α-hetero) is 2. The van der Waals surface area contributed by atoms with Crippen LogP contribution in [0.2, 0.25) is 10.0 Å². The second kappa shape index (κ2) is 13.2. The highest BCUT2D eigenvalue weighted by molar-refractivity contribution is 14.1. The van der Waals surface area contributed by atoms with Gasteiger partial charge in [-0.25, -0.2) is 0 Å². The summed E-state index contributed by atoms with van der Waals surface area (Å²) in [6, 6.07) is 19.7. The first-order chi connectivity index (χ1) is 22.3. The normalized spacial score (nSPS) is 19.1. The van der Waals surface area contributed by atoms with Gasteiger partial charge in [-0.05, 0) is 88.6 Å². The van der Waals surface area contributed by atoms with Gasteiger partial charge in [0.25, 0.3) is 0 Å². The van der Waals surface area contributed by atoms with Gasteiger partial charge in [-0.15, -0.1) is 0 Å².